The van der Waals surface area contributed by atoms with Gasteiger partial charge in [0.05, 0.1) is 17.1 Å². The minimum atomic E-state index is -3.69. The van der Waals surface area contributed by atoms with Gasteiger partial charge in [-0.15, -0.1) is 0 Å². The largest absolute Gasteiger partial charge is 0.478 e. The molecule has 0 fully saturated rings. The van der Waals surface area contributed by atoms with Crippen LogP contribution in [0.2, 0.25) is 0 Å². The van der Waals surface area contributed by atoms with Crippen LogP contribution in [0.3, 0.4) is 0 Å². The fraction of sp³-hybridized carbons (Fsp3) is 0.462. The average Bonchev–Trinajstić information content (AvgIpc) is 2.38. The van der Waals surface area contributed by atoms with Crippen LogP contribution in [0.25, 0.3) is 0 Å². The van der Waals surface area contributed by atoms with E-state index in [-0.39, 0.29) is 23.0 Å². The Labute approximate surface area is 124 Å². The molecule has 0 heterocycles. The Morgan fingerprint density at radius 1 is 1.43 bits per heavy atom. The van der Waals surface area contributed by atoms with E-state index in [2.05, 4.69) is 10.0 Å². The number of carboxylic acid groups (broad SMARTS) is 1. The highest BCUT2D eigenvalue weighted by molar-refractivity contribution is 7.89. The fourth-order valence-corrected chi connectivity index (χ4v) is 2.89. The molecule has 0 saturated carbocycles. The number of hydrogen-bond acceptors (Lipinski definition) is 5. The quantitative estimate of drug-likeness (QED) is 0.664. The fourth-order valence-electron chi connectivity index (χ4n) is 1.82. The van der Waals surface area contributed by atoms with E-state index < -0.39 is 16.0 Å². The Kier molecular flexibility index (Phi) is 6.13. The molecule has 0 amide bonds. The lowest BCUT2D eigenvalue weighted by Crippen LogP contribution is -2.25. The standard InChI is InChI=1S/C13H20N2O5S/c1-4-14-21(18,19)10-5-6-12(11(7-10)13(16)17)15-9(2)8-20-3/h5-7,9,14-15H,4,8H2,1-3H3,(H,16,17). The van der Waals surface area contributed by atoms with Gasteiger partial charge in [-0.1, -0.05) is 6.92 Å². The van der Waals surface area contributed by atoms with Crippen LogP contribution >= 0.6 is 0 Å². The lowest BCUT2D eigenvalue weighted by molar-refractivity contribution is 0.0697. The van der Waals surface area contributed by atoms with Gasteiger partial charge in [-0.25, -0.2) is 17.9 Å². The lowest BCUT2D eigenvalue weighted by atomic mass is 10.1. The summed E-state index contributed by atoms with van der Waals surface area (Å²) in [6.07, 6.45) is 0. The van der Waals surface area contributed by atoms with Crippen molar-refractivity contribution < 1.29 is 23.1 Å². The van der Waals surface area contributed by atoms with Crippen molar-refractivity contribution in [2.45, 2.75) is 24.8 Å². The van der Waals surface area contributed by atoms with E-state index in [9.17, 15) is 18.3 Å². The van der Waals surface area contributed by atoms with Gasteiger partial charge < -0.3 is 15.2 Å². The number of sulfonamides is 1. The van der Waals surface area contributed by atoms with Crippen LogP contribution in [0.15, 0.2) is 23.1 Å². The Bertz CT molecular complexity index is 601. The van der Waals surface area contributed by atoms with Crippen molar-refractivity contribution in [2.24, 2.45) is 0 Å². The smallest absolute Gasteiger partial charge is 0.337 e. The van der Waals surface area contributed by atoms with E-state index in [4.69, 9.17) is 4.74 Å². The van der Waals surface area contributed by atoms with Crippen molar-refractivity contribution in [1.29, 1.82) is 0 Å². The molecule has 1 aromatic rings. The molecule has 1 atom stereocenters. The van der Waals surface area contributed by atoms with Gasteiger partial charge in [0.25, 0.3) is 0 Å². The van der Waals surface area contributed by atoms with Crippen LogP contribution in [0.5, 0.6) is 0 Å². The molecule has 118 valence electrons. The van der Waals surface area contributed by atoms with Gasteiger partial charge in [0.1, 0.15) is 0 Å². The second kappa shape index (κ2) is 7.39. The first-order valence-electron chi connectivity index (χ1n) is 6.44. The van der Waals surface area contributed by atoms with E-state index in [1.54, 1.807) is 14.0 Å². The summed E-state index contributed by atoms with van der Waals surface area (Å²) in [4.78, 5) is 11.2. The van der Waals surface area contributed by atoms with Crippen LogP contribution in [-0.2, 0) is 14.8 Å². The topological polar surface area (TPSA) is 105 Å². The molecular formula is C13H20N2O5S. The van der Waals surface area contributed by atoms with E-state index in [1.807, 2.05) is 6.92 Å². The molecule has 0 aliphatic heterocycles. The third kappa shape index (κ3) is 4.69. The van der Waals surface area contributed by atoms with Crippen molar-refractivity contribution in [3.63, 3.8) is 0 Å². The molecular weight excluding hydrogens is 296 g/mol. The SMILES string of the molecule is CCNS(=O)(=O)c1ccc(NC(C)COC)c(C(=O)O)c1. The summed E-state index contributed by atoms with van der Waals surface area (Å²) in [5.41, 5.74) is 0.249. The normalized spacial score (nSPS) is 12.9. The molecule has 8 heteroatoms. The summed E-state index contributed by atoms with van der Waals surface area (Å²) in [6, 6.07) is 3.85. The van der Waals surface area contributed by atoms with Gasteiger partial charge in [-0.05, 0) is 25.1 Å². The molecule has 0 spiro atoms. The number of carbonyl (C=O) groups is 1. The van der Waals surface area contributed by atoms with Gasteiger partial charge >= 0.3 is 5.97 Å². The van der Waals surface area contributed by atoms with Crippen LogP contribution in [0.1, 0.15) is 24.2 Å². The lowest BCUT2D eigenvalue weighted by Gasteiger charge is -2.17. The molecule has 0 bridgehead atoms. The molecule has 1 aromatic carbocycles. The Hall–Kier alpha value is -1.64. The summed E-state index contributed by atoms with van der Waals surface area (Å²) in [5.74, 6) is -1.20. The Balaban J connectivity index is 3.17. The summed E-state index contributed by atoms with van der Waals surface area (Å²) in [5, 5.41) is 12.2. The Morgan fingerprint density at radius 3 is 2.62 bits per heavy atom. The molecule has 0 aliphatic carbocycles. The number of anilines is 1. The number of benzene rings is 1. The first-order valence-corrected chi connectivity index (χ1v) is 7.92. The van der Waals surface area contributed by atoms with Crippen LogP contribution in [-0.4, -0.2) is 45.8 Å². The van der Waals surface area contributed by atoms with Gasteiger partial charge in [-0.3, -0.25) is 0 Å². The molecule has 21 heavy (non-hydrogen) atoms. The Morgan fingerprint density at radius 2 is 2.10 bits per heavy atom. The molecule has 0 aliphatic rings. The summed E-state index contributed by atoms with van der Waals surface area (Å²) < 4.78 is 31.1. The van der Waals surface area contributed by atoms with E-state index >= 15 is 0 Å². The number of ether oxygens (including phenoxy) is 1. The van der Waals surface area contributed by atoms with E-state index in [0.29, 0.717) is 12.3 Å². The van der Waals surface area contributed by atoms with E-state index in [1.165, 1.54) is 12.1 Å². The maximum atomic E-state index is 11.9. The monoisotopic (exact) mass is 316 g/mol. The first-order chi connectivity index (χ1) is 9.81. The third-order valence-electron chi connectivity index (χ3n) is 2.68. The number of rotatable bonds is 8. The second-order valence-corrected chi connectivity index (χ2v) is 6.28. The third-order valence-corrected chi connectivity index (χ3v) is 4.23. The maximum Gasteiger partial charge on any atom is 0.337 e. The first kappa shape index (κ1) is 17.4. The predicted octanol–water partition coefficient (Wildman–Crippen LogP) is 1.13. The minimum Gasteiger partial charge on any atom is -0.478 e. The zero-order valence-corrected chi connectivity index (χ0v) is 13.0. The molecule has 1 unspecified atom stereocenters. The van der Waals surface area contributed by atoms with Gasteiger partial charge in [-0.2, -0.15) is 0 Å². The highest BCUT2D eigenvalue weighted by Gasteiger charge is 2.19. The number of nitrogens with one attached hydrogen (secondary N) is 2. The van der Waals surface area contributed by atoms with Crippen molar-refractivity contribution in [3.05, 3.63) is 23.8 Å². The van der Waals surface area contributed by atoms with Crippen LogP contribution in [0, 0.1) is 0 Å². The molecule has 0 saturated heterocycles. The number of hydrogen-bond donors (Lipinski definition) is 3. The minimum absolute atomic E-state index is 0.0771. The predicted molar refractivity (Wildman–Crippen MR) is 79.2 cm³/mol. The molecule has 7 nitrogen and oxygen atoms in total. The average molecular weight is 316 g/mol. The van der Waals surface area contributed by atoms with Crippen molar-refractivity contribution in [3.8, 4) is 0 Å². The number of carboxylic acids is 1. The van der Waals surface area contributed by atoms with Crippen molar-refractivity contribution >= 4 is 21.7 Å². The zero-order chi connectivity index (χ0) is 16.0. The van der Waals surface area contributed by atoms with E-state index in [0.717, 1.165) is 6.07 Å². The van der Waals surface area contributed by atoms with Crippen molar-refractivity contribution in [1.82, 2.24) is 4.72 Å². The van der Waals surface area contributed by atoms with Gasteiger partial charge in [0, 0.05) is 25.4 Å². The highest BCUT2D eigenvalue weighted by atomic mass is 32.2. The van der Waals surface area contributed by atoms with Crippen molar-refractivity contribution in [2.75, 3.05) is 25.6 Å². The maximum absolute atomic E-state index is 11.9. The molecule has 0 radical (unpaired) electrons. The highest BCUT2D eigenvalue weighted by Crippen LogP contribution is 2.21. The summed E-state index contributed by atoms with van der Waals surface area (Å²) in [7, 11) is -2.14. The van der Waals surface area contributed by atoms with Crippen LogP contribution in [0.4, 0.5) is 5.69 Å². The molecule has 1 rings (SSSR count). The van der Waals surface area contributed by atoms with Gasteiger partial charge in [0.15, 0.2) is 0 Å². The summed E-state index contributed by atoms with van der Waals surface area (Å²) in [6.45, 7) is 4.11. The molecule has 0 aromatic heterocycles. The van der Waals surface area contributed by atoms with Crippen LogP contribution < -0.4 is 10.0 Å². The van der Waals surface area contributed by atoms with Gasteiger partial charge in [0.2, 0.25) is 10.0 Å². The number of aromatic carboxylic acids is 1. The summed E-state index contributed by atoms with van der Waals surface area (Å²) >= 11 is 0. The molecule has 3 N–H and O–H groups in total. The number of methoxy groups -OCH3 is 1. The second-order valence-electron chi connectivity index (χ2n) is 4.51. The zero-order valence-electron chi connectivity index (χ0n) is 12.2.